The third kappa shape index (κ3) is 6.94. The maximum absolute atomic E-state index is 12.8. The molecule has 0 saturated carbocycles. The normalized spacial score (nSPS) is 19.2. The van der Waals surface area contributed by atoms with Crippen molar-refractivity contribution in [2.45, 2.75) is 19.4 Å². The van der Waals surface area contributed by atoms with Crippen LogP contribution in [0.4, 0.5) is 4.39 Å². The fourth-order valence-corrected chi connectivity index (χ4v) is 3.33. The lowest BCUT2D eigenvalue weighted by molar-refractivity contribution is -0.122. The summed E-state index contributed by atoms with van der Waals surface area (Å²) < 4.78 is 37.7. The first-order chi connectivity index (χ1) is 11.3. The van der Waals surface area contributed by atoms with E-state index in [0.717, 1.165) is 31.2 Å². The van der Waals surface area contributed by atoms with Gasteiger partial charge in [-0.05, 0) is 43.0 Å². The number of benzene rings is 1. The van der Waals surface area contributed by atoms with E-state index in [2.05, 4.69) is 10.0 Å². The van der Waals surface area contributed by atoms with Gasteiger partial charge in [-0.25, -0.2) is 17.5 Å². The van der Waals surface area contributed by atoms with Crippen molar-refractivity contribution in [3.05, 3.63) is 35.6 Å². The summed E-state index contributed by atoms with van der Waals surface area (Å²) in [7, 11) is -3.18. The van der Waals surface area contributed by atoms with E-state index < -0.39 is 10.0 Å². The quantitative estimate of drug-likeness (QED) is 0.753. The molecular weight excluding hydrogens is 333 g/mol. The number of likely N-dealkylation sites (tertiary alicyclic amines) is 1. The molecule has 1 unspecified atom stereocenters. The number of nitrogens with one attached hydrogen (secondary N) is 2. The van der Waals surface area contributed by atoms with E-state index in [-0.39, 0.29) is 24.2 Å². The van der Waals surface area contributed by atoms with Crippen LogP contribution in [0.2, 0.25) is 0 Å². The highest BCUT2D eigenvalue weighted by Crippen LogP contribution is 2.15. The number of halogens is 1. The zero-order valence-corrected chi connectivity index (χ0v) is 14.6. The molecule has 24 heavy (non-hydrogen) atoms. The Morgan fingerprint density at radius 1 is 1.33 bits per heavy atom. The number of amides is 1. The number of hydrogen-bond acceptors (Lipinski definition) is 4. The lowest BCUT2D eigenvalue weighted by atomic mass is 9.98. The zero-order chi connectivity index (χ0) is 17.6. The van der Waals surface area contributed by atoms with E-state index in [4.69, 9.17) is 0 Å². The molecule has 8 heteroatoms. The van der Waals surface area contributed by atoms with Crippen molar-refractivity contribution in [1.82, 2.24) is 14.9 Å². The summed E-state index contributed by atoms with van der Waals surface area (Å²) in [6.45, 7) is 2.60. The van der Waals surface area contributed by atoms with Crippen LogP contribution in [0, 0.1) is 11.7 Å². The summed E-state index contributed by atoms with van der Waals surface area (Å²) in [4.78, 5) is 14.1. The summed E-state index contributed by atoms with van der Waals surface area (Å²) in [6, 6.07) is 6.02. The Bertz CT molecular complexity index is 649. The maximum atomic E-state index is 12.8. The standard InChI is InChI=1S/C16H24FN3O3S/c1-24(22,23)19-10-14-3-2-8-20(11-14)12-16(21)18-9-13-4-6-15(17)7-5-13/h4-7,14,19H,2-3,8-12H2,1H3,(H,18,21). The lowest BCUT2D eigenvalue weighted by Gasteiger charge is -2.32. The van der Waals surface area contributed by atoms with Crippen LogP contribution < -0.4 is 10.0 Å². The van der Waals surface area contributed by atoms with Crippen molar-refractivity contribution in [3.8, 4) is 0 Å². The molecule has 0 aromatic heterocycles. The van der Waals surface area contributed by atoms with Crippen molar-refractivity contribution >= 4 is 15.9 Å². The summed E-state index contributed by atoms with van der Waals surface area (Å²) in [5.74, 6) is -0.165. The minimum absolute atomic E-state index is 0.0870. The van der Waals surface area contributed by atoms with E-state index in [1.54, 1.807) is 12.1 Å². The predicted molar refractivity (Wildman–Crippen MR) is 90.3 cm³/mol. The molecule has 1 aromatic rings. The van der Waals surface area contributed by atoms with Gasteiger partial charge in [-0.2, -0.15) is 0 Å². The summed E-state index contributed by atoms with van der Waals surface area (Å²) in [6.07, 6.45) is 3.05. The molecule has 0 bridgehead atoms. The molecule has 134 valence electrons. The number of piperidine rings is 1. The van der Waals surface area contributed by atoms with Crippen molar-refractivity contribution in [2.24, 2.45) is 5.92 Å². The average Bonchev–Trinajstić information content (AvgIpc) is 2.52. The van der Waals surface area contributed by atoms with Gasteiger partial charge < -0.3 is 5.32 Å². The minimum Gasteiger partial charge on any atom is -0.351 e. The van der Waals surface area contributed by atoms with E-state index >= 15 is 0 Å². The fourth-order valence-electron chi connectivity index (χ4n) is 2.79. The molecule has 6 nitrogen and oxygen atoms in total. The highest BCUT2D eigenvalue weighted by molar-refractivity contribution is 7.88. The molecule has 0 spiro atoms. The van der Waals surface area contributed by atoms with Gasteiger partial charge in [-0.15, -0.1) is 0 Å². The van der Waals surface area contributed by atoms with Crippen LogP contribution in [0.1, 0.15) is 18.4 Å². The molecule has 0 aliphatic carbocycles. The average molecular weight is 357 g/mol. The van der Waals surface area contributed by atoms with Crippen molar-refractivity contribution in [1.29, 1.82) is 0 Å². The summed E-state index contributed by atoms with van der Waals surface area (Å²) in [5.41, 5.74) is 0.846. The van der Waals surface area contributed by atoms with Crippen LogP contribution in [0.3, 0.4) is 0 Å². The summed E-state index contributed by atoms with van der Waals surface area (Å²) >= 11 is 0. The van der Waals surface area contributed by atoms with Gasteiger partial charge in [0.05, 0.1) is 12.8 Å². The minimum atomic E-state index is -3.18. The van der Waals surface area contributed by atoms with Gasteiger partial charge in [-0.3, -0.25) is 9.69 Å². The van der Waals surface area contributed by atoms with E-state index in [9.17, 15) is 17.6 Å². The first-order valence-electron chi connectivity index (χ1n) is 8.00. The molecule has 0 radical (unpaired) electrons. The molecule has 1 atom stereocenters. The molecule has 1 saturated heterocycles. The van der Waals surface area contributed by atoms with Crippen LogP contribution in [-0.2, 0) is 21.4 Å². The third-order valence-corrected chi connectivity index (χ3v) is 4.70. The number of hydrogen-bond donors (Lipinski definition) is 2. The van der Waals surface area contributed by atoms with Gasteiger partial charge in [0.25, 0.3) is 0 Å². The Kier molecular flexibility index (Phi) is 6.70. The Morgan fingerprint density at radius 3 is 2.71 bits per heavy atom. The zero-order valence-electron chi connectivity index (χ0n) is 13.8. The third-order valence-electron chi connectivity index (χ3n) is 4.01. The first-order valence-corrected chi connectivity index (χ1v) is 9.89. The molecule has 1 heterocycles. The summed E-state index contributed by atoms with van der Waals surface area (Å²) in [5, 5.41) is 2.82. The largest absolute Gasteiger partial charge is 0.351 e. The van der Waals surface area contributed by atoms with Crippen LogP contribution in [0.5, 0.6) is 0 Å². The first kappa shape index (κ1) is 18.8. The van der Waals surface area contributed by atoms with Gasteiger partial charge in [-0.1, -0.05) is 12.1 Å². The van der Waals surface area contributed by atoms with Gasteiger partial charge in [0, 0.05) is 19.6 Å². The van der Waals surface area contributed by atoms with Crippen LogP contribution in [0.15, 0.2) is 24.3 Å². The van der Waals surface area contributed by atoms with Gasteiger partial charge in [0.2, 0.25) is 15.9 Å². The van der Waals surface area contributed by atoms with E-state index in [0.29, 0.717) is 19.6 Å². The molecule has 2 N–H and O–H groups in total. The highest BCUT2D eigenvalue weighted by Gasteiger charge is 2.22. The molecule has 1 amide bonds. The Labute approximate surface area is 142 Å². The van der Waals surface area contributed by atoms with Gasteiger partial charge >= 0.3 is 0 Å². The fraction of sp³-hybridized carbons (Fsp3) is 0.562. The van der Waals surface area contributed by atoms with E-state index in [1.165, 1.54) is 12.1 Å². The second-order valence-electron chi connectivity index (χ2n) is 6.27. The van der Waals surface area contributed by atoms with Crippen molar-refractivity contribution in [2.75, 3.05) is 32.4 Å². The molecule has 1 fully saturated rings. The second-order valence-corrected chi connectivity index (χ2v) is 8.10. The monoisotopic (exact) mass is 357 g/mol. The van der Waals surface area contributed by atoms with Crippen molar-refractivity contribution in [3.63, 3.8) is 0 Å². The number of sulfonamides is 1. The SMILES string of the molecule is CS(=O)(=O)NCC1CCCN(CC(=O)NCc2ccc(F)cc2)C1. The molecule has 2 rings (SSSR count). The van der Waals surface area contributed by atoms with Crippen LogP contribution >= 0.6 is 0 Å². The Hall–Kier alpha value is -1.51. The van der Waals surface area contributed by atoms with Gasteiger partial charge in [0.15, 0.2) is 0 Å². The lowest BCUT2D eigenvalue weighted by Crippen LogP contribution is -2.45. The Balaban J connectivity index is 1.73. The van der Waals surface area contributed by atoms with E-state index in [1.807, 2.05) is 4.90 Å². The highest BCUT2D eigenvalue weighted by atomic mass is 32.2. The van der Waals surface area contributed by atoms with Gasteiger partial charge in [0.1, 0.15) is 5.82 Å². The molecule has 1 aromatic carbocycles. The Morgan fingerprint density at radius 2 is 2.04 bits per heavy atom. The molecular formula is C16H24FN3O3S. The number of carbonyl (C=O) groups is 1. The molecule has 1 aliphatic rings. The smallest absolute Gasteiger partial charge is 0.234 e. The number of nitrogens with zero attached hydrogens (tertiary/aromatic N) is 1. The predicted octanol–water partition coefficient (Wildman–Crippen LogP) is 0.703. The van der Waals surface area contributed by atoms with Crippen molar-refractivity contribution < 1.29 is 17.6 Å². The number of rotatable bonds is 7. The molecule has 1 aliphatic heterocycles. The van der Waals surface area contributed by atoms with Crippen LogP contribution in [-0.4, -0.2) is 51.7 Å². The number of carbonyl (C=O) groups excluding carboxylic acids is 1. The maximum Gasteiger partial charge on any atom is 0.234 e. The second kappa shape index (κ2) is 8.55. The van der Waals surface area contributed by atoms with Crippen LogP contribution in [0.25, 0.3) is 0 Å². The topological polar surface area (TPSA) is 78.5 Å².